The number of anilines is 1. The molecule has 1 aliphatic rings. The monoisotopic (exact) mass is 320 g/mol. The van der Waals surface area contributed by atoms with Crippen molar-refractivity contribution in [1.29, 1.82) is 0 Å². The van der Waals surface area contributed by atoms with Gasteiger partial charge >= 0.3 is 10.2 Å². The molecule has 0 atom stereocenters. The highest BCUT2D eigenvalue weighted by atomic mass is 35.5. The average Bonchev–Trinajstić information content (AvgIpc) is 2.41. The van der Waals surface area contributed by atoms with Gasteiger partial charge in [0.05, 0.1) is 15.6 Å². The summed E-state index contributed by atoms with van der Waals surface area (Å²) in [6.45, 7) is 1.88. The Kier molecular flexibility index (Phi) is 4.43. The number of nitro benzene ring substituents is 1. The van der Waals surface area contributed by atoms with Crippen LogP contribution in [0.5, 0.6) is 0 Å². The summed E-state index contributed by atoms with van der Waals surface area (Å²) < 4.78 is 27.9. The lowest BCUT2D eigenvalue weighted by Crippen LogP contribution is -2.48. The first-order valence-corrected chi connectivity index (χ1v) is 7.64. The fourth-order valence-electron chi connectivity index (χ4n) is 1.79. The summed E-state index contributed by atoms with van der Waals surface area (Å²) in [4.78, 5) is 9.99. The number of nitrogens with one attached hydrogen (secondary N) is 2. The molecule has 0 aliphatic carbocycles. The van der Waals surface area contributed by atoms with Crippen LogP contribution in [0.3, 0.4) is 0 Å². The van der Waals surface area contributed by atoms with Gasteiger partial charge in [-0.1, -0.05) is 11.6 Å². The zero-order chi connectivity index (χ0) is 14.8. The summed E-state index contributed by atoms with van der Waals surface area (Å²) in [6, 6.07) is 3.58. The molecule has 20 heavy (non-hydrogen) atoms. The van der Waals surface area contributed by atoms with Gasteiger partial charge in [-0.3, -0.25) is 14.8 Å². The van der Waals surface area contributed by atoms with Gasteiger partial charge < -0.3 is 5.32 Å². The summed E-state index contributed by atoms with van der Waals surface area (Å²) in [5.74, 6) is 0. The van der Waals surface area contributed by atoms with Crippen molar-refractivity contribution < 1.29 is 13.3 Å². The van der Waals surface area contributed by atoms with E-state index in [0.717, 1.165) is 6.07 Å². The predicted octanol–water partition coefficient (Wildman–Crippen LogP) is 0.810. The molecule has 2 rings (SSSR count). The van der Waals surface area contributed by atoms with Gasteiger partial charge in [-0.15, -0.1) is 0 Å². The minimum absolute atomic E-state index is 0.0158. The number of non-ortho nitro benzene ring substituents is 1. The predicted molar refractivity (Wildman–Crippen MR) is 75.1 cm³/mol. The molecule has 0 unspecified atom stereocenters. The molecule has 1 aromatic carbocycles. The Morgan fingerprint density at radius 1 is 1.35 bits per heavy atom. The van der Waals surface area contributed by atoms with Crippen molar-refractivity contribution in [1.82, 2.24) is 9.62 Å². The zero-order valence-corrected chi connectivity index (χ0v) is 11.9. The van der Waals surface area contributed by atoms with Crippen molar-refractivity contribution in [3.8, 4) is 0 Å². The highest BCUT2D eigenvalue weighted by Gasteiger charge is 2.24. The van der Waals surface area contributed by atoms with E-state index in [1.165, 1.54) is 16.4 Å². The minimum Gasteiger partial charge on any atom is -0.314 e. The van der Waals surface area contributed by atoms with Crippen molar-refractivity contribution in [2.24, 2.45) is 0 Å². The second-order valence-electron chi connectivity index (χ2n) is 4.18. The van der Waals surface area contributed by atoms with Gasteiger partial charge in [-0.05, 0) is 6.07 Å². The van der Waals surface area contributed by atoms with Crippen LogP contribution in [0.1, 0.15) is 0 Å². The third kappa shape index (κ3) is 3.37. The zero-order valence-electron chi connectivity index (χ0n) is 10.4. The maximum Gasteiger partial charge on any atom is 0.301 e. The van der Waals surface area contributed by atoms with Crippen molar-refractivity contribution in [2.75, 3.05) is 30.9 Å². The molecule has 0 spiro atoms. The summed E-state index contributed by atoms with van der Waals surface area (Å²) in [7, 11) is -3.70. The Balaban J connectivity index is 2.18. The molecule has 0 saturated carbocycles. The Hall–Kier alpha value is -1.42. The van der Waals surface area contributed by atoms with Crippen molar-refractivity contribution in [2.45, 2.75) is 0 Å². The molecule has 0 aromatic heterocycles. The minimum atomic E-state index is -3.70. The highest BCUT2D eigenvalue weighted by Crippen LogP contribution is 2.27. The lowest BCUT2D eigenvalue weighted by atomic mass is 10.3. The van der Waals surface area contributed by atoms with Crippen LogP contribution in [-0.4, -0.2) is 43.8 Å². The number of nitrogens with zero attached hydrogens (tertiary/aromatic N) is 2. The first kappa shape index (κ1) is 15.0. The number of rotatable bonds is 4. The lowest BCUT2D eigenvalue weighted by molar-refractivity contribution is -0.384. The van der Waals surface area contributed by atoms with Gasteiger partial charge in [0.15, 0.2) is 0 Å². The molecular formula is C10H13ClN4O4S. The molecule has 8 nitrogen and oxygen atoms in total. The van der Waals surface area contributed by atoms with E-state index >= 15 is 0 Å². The van der Waals surface area contributed by atoms with Crippen LogP contribution in [0.15, 0.2) is 18.2 Å². The fourth-order valence-corrected chi connectivity index (χ4v) is 3.31. The third-order valence-electron chi connectivity index (χ3n) is 2.82. The number of benzene rings is 1. The maximum atomic E-state index is 12.1. The van der Waals surface area contributed by atoms with E-state index in [-0.39, 0.29) is 16.4 Å². The second kappa shape index (κ2) is 5.92. The van der Waals surface area contributed by atoms with E-state index < -0.39 is 15.1 Å². The van der Waals surface area contributed by atoms with Crippen LogP contribution in [0.4, 0.5) is 11.4 Å². The average molecular weight is 321 g/mol. The van der Waals surface area contributed by atoms with E-state index in [9.17, 15) is 18.5 Å². The maximum absolute atomic E-state index is 12.1. The van der Waals surface area contributed by atoms with Gasteiger partial charge in [0.2, 0.25) is 0 Å². The number of halogens is 1. The summed E-state index contributed by atoms with van der Waals surface area (Å²) in [5.41, 5.74) is -0.0732. The Morgan fingerprint density at radius 2 is 2.00 bits per heavy atom. The van der Waals surface area contributed by atoms with Crippen molar-refractivity contribution >= 4 is 33.2 Å². The van der Waals surface area contributed by atoms with Crippen LogP contribution in [-0.2, 0) is 10.2 Å². The summed E-state index contributed by atoms with van der Waals surface area (Å²) in [6.07, 6.45) is 0. The van der Waals surface area contributed by atoms with Crippen molar-refractivity contribution in [3.05, 3.63) is 33.3 Å². The molecule has 1 fully saturated rings. The molecule has 110 valence electrons. The lowest BCUT2D eigenvalue weighted by Gasteiger charge is -2.27. The van der Waals surface area contributed by atoms with Crippen molar-refractivity contribution in [3.63, 3.8) is 0 Å². The first-order valence-electron chi connectivity index (χ1n) is 5.83. The van der Waals surface area contributed by atoms with E-state index in [2.05, 4.69) is 10.0 Å². The van der Waals surface area contributed by atoms with Crippen LogP contribution in [0, 0.1) is 10.1 Å². The SMILES string of the molecule is O=[N+]([O-])c1ccc(NS(=O)(=O)N2CCNCC2)c(Cl)c1. The Labute approximate surface area is 121 Å². The normalized spacial score (nSPS) is 16.9. The van der Waals surface area contributed by atoms with Gasteiger partial charge in [-0.2, -0.15) is 12.7 Å². The Bertz CT molecular complexity index is 616. The quantitative estimate of drug-likeness (QED) is 0.631. The molecule has 1 heterocycles. The van der Waals surface area contributed by atoms with Crippen LogP contribution < -0.4 is 10.0 Å². The molecule has 10 heteroatoms. The van der Waals surface area contributed by atoms with Gasteiger partial charge in [0, 0.05) is 38.3 Å². The molecule has 0 bridgehead atoms. The van der Waals surface area contributed by atoms with Crippen LogP contribution in [0.25, 0.3) is 0 Å². The topological polar surface area (TPSA) is 105 Å². The van der Waals surface area contributed by atoms with E-state index in [1.54, 1.807) is 0 Å². The van der Waals surface area contributed by atoms with Gasteiger partial charge in [-0.25, -0.2) is 0 Å². The second-order valence-corrected chi connectivity index (χ2v) is 6.26. The highest BCUT2D eigenvalue weighted by molar-refractivity contribution is 7.90. The summed E-state index contributed by atoms with van der Waals surface area (Å²) >= 11 is 5.86. The van der Waals surface area contributed by atoms with Gasteiger partial charge in [0.25, 0.3) is 5.69 Å². The van der Waals surface area contributed by atoms with E-state index in [0.29, 0.717) is 26.2 Å². The smallest absolute Gasteiger partial charge is 0.301 e. The first-order chi connectivity index (χ1) is 9.40. The molecule has 1 aliphatic heterocycles. The molecule has 2 N–H and O–H groups in total. The number of nitro groups is 1. The van der Waals surface area contributed by atoms with Gasteiger partial charge in [0.1, 0.15) is 0 Å². The fraction of sp³-hybridized carbons (Fsp3) is 0.400. The van der Waals surface area contributed by atoms with E-state index in [4.69, 9.17) is 11.6 Å². The third-order valence-corrected chi connectivity index (χ3v) is 4.65. The standard InChI is InChI=1S/C10H13ClN4O4S/c11-9-7-8(15(16)17)1-2-10(9)13-20(18,19)14-5-3-12-4-6-14/h1-2,7,12-13H,3-6H2. The van der Waals surface area contributed by atoms with Crippen LogP contribution >= 0.6 is 11.6 Å². The largest absolute Gasteiger partial charge is 0.314 e. The number of hydrogen-bond donors (Lipinski definition) is 2. The molecular weight excluding hydrogens is 308 g/mol. The number of piperazine rings is 1. The molecule has 1 aromatic rings. The Morgan fingerprint density at radius 3 is 2.55 bits per heavy atom. The molecule has 1 saturated heterocycles. The number of hydrogen-bond acceptors (Lipinski definition) is 5. The molecule has 0 amide bonds. The van der Waals surface area contributed by atoms with E-state index in [1.807, 2.05) is 0 Å². The van der Waals surface area contributed by atoms with Crippen LogP contribution in [0.2, 0.25) is 5.02 Å². The summed E-state index contributed by atoms with van der Waals surface area (Å²) in [5, 5.41) is 13.6. The molecule has 0 radical (unpaired) electrons.